The Balaban J connectivity index is 1.62. The van der Waals surface area contributed by atoms with Crippen LogP contribution < -0.4 is 10.1 Å². The summed E-state index contributed by atoms with van der Waals surface area (Å²) in [5.41, 5.74) is -0.498. The number of ether oxygens (including phenoxy) is 2. The number of benzene rings is 1. The number of hydrogen-bond donors (Lipinski definition) is 1. The van der Waals surface area contributed by atoms with Crippen LogP contribution in [0.15, 0.2) is 18.2 Å². The van der Waals surface area contributed by atoms with Crippen LogP contribution in [-0.2, 0) is 9.53 Å². The average Bonchev–Trinajstić information content (AvgIpc) is 2.65. The highest BCUT2D eigenvalue weighted by Crippen LogP contribution is 2.31. The molecule has 8 heteroatoms. The van der Waals surface area contributed by atoms with Gasteiger partial charge in [0.1, 0.15) is 16.4 Å². The summed E-state index contributed by atoms with van der Waals surface area (Å²) >= 11 is 12.0. The first-order valence-corrected chi connectivity index (χ1v) is 10.7. The zero-order valence-corrected chi connectivity index (χ0v) is 18.8. The van der Waals surface area contributed by atoms with Gasteiger partial charge in [-0.05, 0) is 58.1 Å². The molecule has 0 aromatic heterocycles. The van der Waals surface area contributed by atoms with Crippen LogP contribution in [0.25, 0.3) is 0 Å². The second kappa shape index (κ2) is 10.9. The van der Waals surface area contributed by atoms with Crippen LogP contribution in [0.5, 0.6) is 5.75 Å². The molecule has 162 valence electrons. The molecule has 1 fully saturated rings. The van der Waals surface area contributed by atoms with E-state index in [2.05, 4.69) is 5.32 Å². The van der Waals surface area contributed by atoms with Gasteiger partial charge in [-0.1, -0.05) is 29.3 Å². The monoisotopic (exact) mass is 444 g/mol. The molecular formula is C21H30Cl2N2O4. The smallest absolute Gasteiger partial charge is 0.407 e. The van der Waals surface area contributed by atoms with Gasteiger partial charge in [-0.15, -0.1) is 0 Å². The third-order valence-corrected chi connectivity index (χ3v) is 5.41. The van der Waals surface area contributed by atoms with Gasteiger partial charge >= 0.3 is 6.09 Å². The number of rotatable bonds is 7. The third-order valence-electron chi connectivity index (χ3n) is 4.61. The van der Waals surface area contributed by atoms with Crippen LogP contribution in [0.3, 0.4) is 0 Å². The van der Waals surface area contributed by atoms with Crippen LogP contribution in [0, 0.1) is 5.92 Å². The van der Waals surface area contributed by atoms with Gasteiger partial charge in [-0.2, -0.15) is 0 Å². The van der Waals surface area contributed by atoms with E-state index in [9.17, 15) is 9.59 Å². The predicted octanol–water partition coefficient (Wildman–Crippen LogP) is 4.92. The SMILES string of the molecule is CC(C)(C)OC(=O)NCC1CCN(C(=O)CCCOc2cccc(Cl)c2Cl)CC1. The van der Waals surface area contributed by atoms with Crippen molar-refractivity contribution in [3.05, 3.63) is 28.2 Å². The van der Waals surface area contributed by atoms with Crippen LogP contribution in [0.2, 0.25) is 10.0 Å². The summed E-state index contributed by atoms with van der Waals surface area (Å²) in [6, 6.07) is 5.23. The van der Waals surface area contributed by atoms with Gasteiger partial charge in [0.05, 0.1) is 11.6 Å². The van der Waals surface area contributed by atoms with Crippen molar-refractivity contribution in [1.29, 1.82) is 0 Å². The topological polar surface area (TPSA) is 67.9 Å². The van der Waals surface area contributed by atoms with Gasteiger partial charge in [-0.25, -0.2) is 4.79 Å². The molecule has 1 aromatic rings. The highest BCUT2D eigenvalue weighted by Gasteiger charge is 2.24. The zero-order valence-electron chi connectivity index (χ0n) is 17.3. The molecule has 1 aliphatic rings. The Morgan fingerprint density at radius 2 is 1.90 bits per heavy atom. The van der Waals surface area contributed by atoms with Gasteiger partial charge in [0, 0.05) is 26.1 Å². The van der Waals surface area contributed by atoms with Gasteiger partial charge in [-0.3, -0.25) is 4.79 Å². The van der Waals surface area contributed by atoms with E-state index in [1.165, 1.54) is 0 Å². The first kappa shape index (κ1) is 23.6. The zero-order chi connectivity index (χ0) is 21.4. The molecule has 2 rings (SSSR count). The number of hydrogen-bond acceptors (Lipinski definition) is 4. The molecule has 1 aromatic carbocycles. The fourth-order valence-electron chi connectivity index (χ4n) is 3.09. The molecule has 0 radical (unpaired) electrons. The van der Waals surface area contributed by atoms with E-state index >= 15 is 0 Å². The van der Waals surface area contributed by atoms with E-state index in [1.807, 2.05) is 25.7 Å². The van der Waals surface area contributed by atoms with Gasteiger partial charge < -0.3 is 19.7 Å². The minimum Gasteiger partial charge on any atom is -0.492 e. The Morgan fingerprint density at radius 1 is 1.21 bits per heavy atom. The molecule has 1 saturated heterocycles. The summed E-state index contributed by atoms with van der Waals surface area (Å²) in [4.78, 5) is 26.0. The highest BCUT2D eigenvalue weighted by molar-refractivity contribution is 6.42. The van der Waals surface area contributed by atoms with E-state index in [0.717, 1.165) is 12.8 Å². The summed E-state index contributed by atoms with van der Waals surface area (Å²) in [5.74, 6) is 1.02. The van der Waals surface area contributed by atoms with Crippen molar-refractivity contribution >= 4 is 35.2 Å². The van der Waals surface area contributed by atoms with E-state index in [1.54, 1.807) is 18.2 Å². The summed E-state index contributed by atoms with van der Waals surface area (Å²) in [6.45, 7) is 7.91. The van der Waals surface area contributed by atoms with E-state index in [-0.39, 0.29) is 5.91 Å². The second-order valence-electron chi connectivity index (χ2n) is 8.21. The van der Waals surface area contributed by atoms with E-state index in [0.29, 0.717) is 60.8 Å². The maximum atomic E-state index is 12.4. The summed E-state index contributed by atoms with van der Waals surface area (Å²) in [5, 5.41) is 3.66. The number of nitrogens with zero attached hydrogens (tertiary/aromatic N) is 1. The van der Waals surface area contributed by atoms with Crippen LogP contribution in [0.1, 0.15) is 46.5 Å². The molecule has 0 saturated carbocycles. The Morgan fingerprint density at radius 3 is 2.55 bits per heavy atom. The number of likely N-dealkylation sites (tertiary alicyclic amines) is 1. The summed E-state index contributed by atoms with van der Waals surface area (Å²) < 4.78 is 10.9. The lowest BCUT2D eigenvalue weighted by Crippen LogP contribution is -2.42. The Kier molecular flexibility index (Phi) is 8.90. The first-order chi connectivity index (χ1) is 13.7. The lowest BCUT2D eigenvalue weighted by molar-refractivity contribution is -0.132. The van der Waals surface area contributed by atoms with Gasteiger partial charge in [0.15, 0.2) is 0 Å². The quantitative estimate of drug-likeness (QED) is 0.606. The highest BCUT2D eigenvalue weighted by atomic mass is 35.5. The van der Waals surface area contributed by atoms with Crippen LogP contribution in [-0.4, -0.2) is 48.7 Å². The number of amides is 2. The molecule has 1 heterocycles. The number of alkyl carbamates (subject to hydrolysis) is 1. The summed E-state index contributed by atoms with van der Waals surface area (Å²) in [7, 11) is 0. The standard InChI is InChI=1S/C21H30Cl2N2O4/c1-21(2,3)29-20(27)24-14-15-9-11-25(12-10-15)18(26)8-5-13-28-17-7-4-6-16(22)19(17)23/h4,6-7,15H,5,8-14H2,1-3H3,(H,24,27). The Labute approximate surface area is 182 Å². The lowest BCUT2D eigenvalue weighted by atomic mass is 9.96. The van der Waals surface area contributed by atoms with Crippen molar-refractivity contribution in [1.82, 2.24) is 10.2 Å². The van der Waals surface area contributed by atoms with Crippen LogP contribution in [0.4, 0.5) is 4.79 Å². The van der Waals surface area contributed by atoms with Crippen molar-refractivity contribution in [3.63, 3.8) is 0 Å². The Bertz CT molecular complexity index is 698. The molecule has 0 atom stereocenters. The Hall–Kier alpha value is -1.66. The number of carbonyl (C=O) groups is 2. The van der Waals surface area contributed by atoms with Crippen molar-refractivity contribution < 1.29 is 19.1 Å². The van der Waals surface area contributed by atoms with Crippen LogP contribution >= 0.6 is 23.2 Å². The molecule has 2 amide bonds. The van der Waals surface area contributed by atoms with Crippen molar-refractivity contribution in [3.8, 4) is 5.75 Å². The van der Waals surface area contributed by atoms with E-state index < -0.39 is 11.7 Å². The maximum absolute atomic E-state index is 12.4. The van der Waals surface area contributed by atoms with E-state index in [4.69, 9.17) is 32.7 Å². The van der Waals surface area contributed by atoms with Gasteiger partial charge in [0.25, 0.3) is 0 Å². The molecule has 1 N–H and O–H groups in total. The lowest BCUT2D eigenvalue weighted by Gasteiger charge is -2.32. The fourth-order valence-corrected chi connectivity index (χ4v) is 3.43. The average molecular weight is 445 g/mol. The van der Waals surface area contributed by atoms with Gasteiger partial charge in [0.2, 0.25) is 5.91 Å². The van der Waals surface area contributed by atoms with Crippen molar-refractivity contribution in [2.75, 3.05) is 26.2 Å². The maximum Gasteiger partial charge on any atom is 0.407 e. The minimum atomic E-state index is -0.498. The second-order valence-corrected chi connectivity index (χ2v) is 9.00. The molecular weight excluding hydrogens is 415 g/mol. The minimum absolute atomic E-state index is 0.129. The predicted molar refractivity (Wildman–Crippen MR) is 115 cm³/mol. The van der Waals surface area contributed by atoms with Crippen molar-refractivity contribution in [2.24, 2.45) is 5.92 Å². The number of halogens is 2. The molecule has 1 aliphatic heterocycles. The molecule has 6 nitrogen and oxygen atoms in total. The molecule has 0 spiro atoms. The number of nitrogens with one attached hydrogen (secondary N) is 1. The van der Waals surface area contributed by atoms with Crippen molar-refractivity contribution in [2.45, 2.75) is 52.1 Å². The largest absolute Gasteiger partial charge is 0.492 e. The molecule has 0 aliphatic carbocycles. The molecule has 29 heavy (non-hydrogen) atoms. The molecule has 0 bridgehead atoms. The summed E-state index contributed by atoms with van der Waals surface area (Å²) in [6.07, 6.45) is 2.39. The number of carbonyl (C=O) groups excluding carboxylic acids is 2. The number of piperidine rings is 1. The first-order valence-electron chi connectivity index (χ1n) is 9.97. The third kappa shape index (κ3) is 8.31. The molecule has 0 unspecified atom stereocenters. The normalized spacial score (nSPS) is 15.1. The fraction of sp³-hybridized carbons (Fsp3) is 0.619.